The van der Waals surface area contributed by atoms with Gasteiger partial charge in [0, 0.05) is 9.80 Å². The predicted molar refractivity (Wildman–Crippen MR) is 89.1 cm³/mol. The van der Waals surface area contributed by atoms with Crippen LogP contribution in [0.4, 0.5) is 4.39 Å². The molecule has 0 spiro atoms. The number of hydrogen-bond acceptors (Lipinski definition) is 2. The average molecular weight is 439 g/mol. The van der Waals surface area contributed by atoms with E-state index >= 15 is 0 Å². The number of benzene rings is 2. The lowest BCUT2D eigenvalue weighted by molar-refractivity contribution is 0.284. The smallest absolute Gasteiger partial charge is 0.180 e. The van der Waals surface area contributed by atoms with Gasteiger partial charge in [-0.05, 0) is 41.5 Å². The van der Waals surface area contributed by atoms with E-state index in [-0.39, 0.29) is 12.4 Å². The molecule has 0 aliphatic heterocycles. The van der Waals surface area contributed by atoms with E-state index in [1.165, 1.54) is 12.1 Å². The molecule has 0 heterocycles. The SMILES string of the molecule is COc1cc(CBr)cc(Cl)c1OCc1cc(F)cc(Br)c1. The molecule has 0 atom stereocenters. The van der Waals surface area contributed by atoms with Crippen LogP contribution in [0.15, 0.2) is 34.8 Å². The second-order valence-corrected chi connectivity index (χ2v) is 6.19. The maximum absolute atomic E-state index is 13.3. The highest BCUT2D eigenvalue weighted by Gasteiger charge is 2.12. The predicted octanol–water partition coefficient (Wildman–Crippen LogP) is 5.72. The summed E-state index contributed by atoms with van der Waals surface area (Å²) in [5.74, 6) is 0.673. The fourth-order valence-corrected chi connectivity index (χ4v) is 2.96. The van der Waals surface area contributed by atoms with Crippen LogP contribution in [-0.2, 0) is 11.9 Å². The highest BCUT2D eigenvalue weighted by molar-refractivity contribution is 9.10. The van der Waals surface area contributed by atoms with Gasteiger partial charge < -0.3 is 9.47 Å². The van der Waals surface area contributed by atoms with Crippen LogP contribution in [0, 0.1) is 5.82 Å². The molecule has 0 bridgehead atoms. The van der Waals surface area contributed by atoms with Crippen molar-refractivity contribution in [3.63, 3.8) is 0 Å². The van der Waals surface area contributed by atoms with E-state index in [2.05, 4.69) is 31.9 Å². The molecule has 2 aromatic carbocycles. The van der Waals surface area contributed by atoms with Crippen molar-refractivity contribution in [2.24, 2.45) is 0 Å². The first kappa shape index (κ1) is 16.6. The summed E-state index contributed by atoms with van der Waals surface area (Å²) in [6, 6.07) is 8.24. The molecule has 0 aliphatic rings. The van der Waals surface area contributed by atoms with Crippen molar-refractivity contribution < 1.29 is 13.9 Å². The Morgan fingerprint density at radius 2 is 1.90 bits per heavy atom. The Kier molecular flexibility index (Phi) is 5.90. The monoisotopic (exact) mass is 436 g/mol. The van der Waals surface area contributed by atoms with E-state index in [4.69, 9.17) is 21.1 Å². The number of methoxy groups -OCH3 is 1. The first-order chi connectivity index (χ1) is 10.0. The topological polar surface area (TPSA) is 18.5 Å². The van der Waals surface area contributed by atoms with Gasteiger partial charge in [0.2, 0.25) is 0 Å². The molecule has 2 aromatic rings. The van der Waals surface area contributed by atoms with Crippen molar-refractivity contribution in [3.8, 4) is 11.5 Å². The van der Waals surface area contributed by atoms with Gasteiger partial charge in [-0.1, -0.05) is 43.5 Å². The van der Waals surface area contributed by atoms with Gasteiger partial charge in [-0.2, -0.15) is 0 Å². The van der Waals surface area contributed by atoms with Gasteiger partial charge in [-0.25, -0.2) is 4.39 Å². The first-order valence-corrected chi connectivity index (χ1v) is 8.33. The van der Waals surface area contributed by atoms with E-state index in [1.54, 1.807) is 19.2 Å². The first-order valence-electron chi connectivity index (χ1n) is 6.03. The Balaban J connectivity index is 2.23. The van der Waals surface area contributed by atoms with Crippen LogP contribution in [0.2, 0.25) is 5.02 Å². The average Bonchev–Trinajstić information content (AvgIpc) is 2.44. The Labute approximate surface area is 144 Å². The summed E-state index contributed by atoms with van der Waals surface area (Å²) < 4.78 is 25.0. The molecule has 0 fully saturated rings. The van der Waals surface area contributed by atoms with Crippen molar-refractivity contribution in [1.29, 1.82) is 0 Å². The molecular weight excluding hydrogens is 426 g/mol. The third-order valence-electron chi connectivity index (χ3n) is 2.75. The van der Waals surface area contributed by atoms with Crippen LogP contribution < -0.4 is 9.47 Å². The Hall–Kier alpha value is -0.780. The summed E-state index contributed by atoms with van der Waals surface area (Å²) >= 11 is 12.8. The molecule has 2 nitrogen and oxygen atoms in total. The largest absolute Gasteiger partial charge is 0.493 e. The summed E-state index contributed by atoms with van der Waals surface area (Å²) in [5.41, 5.74) is 1.68. The zero-order valence-electron chi connectivity index (χ0n) is 11.1. The zero-order chi connectivity index (χ0) is 15.4. The number of hydrogen-bond donors (Lipinski definition) is 0. The van der Waals surface area contributed by atoms with Crippen molar-refractivity contribution in [1.82, 2.24) is 0 Å². The molecule has 2 rings (SSSR count). The number of halogens is 4. The number of ether oxygens (including phenoxy) is 2. The number of alkyl halides is 1. The minimum atomic E-state index is -0.323. The molecule has 0 saturated heterocycles. The molecule has 0 unspecified atom stereocenters. The Morgan fingerprint density at radius 1 is 1.14 bits per heavy atom. The van der Waals surface area contributed by atoms with Gasteiger partial charge >= 0.3 is 0 Å². The van der Waals surface area contributed by atoms with Crippen LogP contribution >= 0.6 is 43.5 Å². The fourth-order valence-electron chi connectivity index (χ4n) is 1.84. The molecule has 0 saturated carbocycles. The van der Waals surface area contributed by atoms with Crippen molar-refractivity contribution >= 4 is 43.5 Å². The Bertz CT molecular complexity index is 630. The molecule has 21 heavy (non-hydrogen) atoms. The van der Waals surface area contributed by atoms with E-state index < -0.39 is 0 Å². The standard InChI is InChI=1S/C15H12Br2ClFO2/c1-20-14-5-9(7-16)4-13(18)15(14)21-8-10-2-11(17)6-12(19)3-10/h2-6H,7-8H2,1H3. The Morgan fingerprint density at radius 3 is 2.52 bits per heavy atom. The normalized spacial score (nSPS) is 10.5. The number of rotatable bonds is 5. The summed E-state index contributed by atoms with van der Waals surface area (Å²) in [7, 11) is 1.55. The van der Waals surface area contributed by atoms with Crippen LogP contribution in [-0.4, -0.2) is 7.11 Å². The molecule has 0 aromatic heterocycles. The van der Waals surface area contributed by atoms with E-state index in [1.807, 2.05) is 6.07 Å². The van der Waals surface area contributed by atoms with Crippen molar-refractivity contribution in [2.45, 2.75) is 11.9 Å². The fraction of sp³-hybridized carbons (Fsp3) is 0.200. The van der Waals surface area contributed by atoms with Gasteiger partial charge in [-0.15, -0.1) is 0 Å². The van der Waals surface area contributed by atoms with E-state index in [0.717, 1.165) is 5.56 Å². The maximum atomic E-state index is 13.3. The maximum Gasteiger partial charge on any atom is 0.180 e. The van der Waals surface area contributed by atoms with Gasteiger partial charge in [0.05, 0.1) is 12.1 Å². The second kappa shape index (κ2) is 7.47. The van der Waals surface area contributed by atoms with Crippen LogP contribution in [0.1, 0.15) is 11.1 Å². The third-order valence-corrected chi connectivity index (χ3v) is 4.14. The highest BCUT2D eigenvalue weighted by atomic mass is 79.9. The van der Waals surface area contributed by atoms with Gasteiger partial charge in [0.15, 0.2) is 11.5 Å². The van der Waals surface area contributed by atoms with Gasteiger partial charge in [0.25, 0.3) is 0 Å². The van der Waals surface area contributed by atoms with Crippen molar-refractivity contribution in [3.05, 3.63) is 56.8 Å². The highest BCUT2D eigenvalue weighted by Crippen LogP contribution is 2.37. The molecular formula is C15H12Br2ClFO2. The lowest BCUT2D eigenvalue weighted by atomic mass is 10.2. The molecule has 6 heteroatoms. The second-order valence-electron chi connectivity index (χ2n) is 4.31. The molecule has 0 N–H and O–H groups in total. The minimum Gasteiger partial charge on any atom is -0.493 e. The van der Waals surface area contributed by atoms with E-state index in [0.29, 0.717) is 31.9 Å². The molecule has 112 valence electrons. The third kappa shape index (κ3) is 4.34. The lowest BCUT2D eigenvalue weighted by Crippen LogP contribution is -2.00. The lowest BCUT2D eigenvalue weighted by Gasteiger charge is -2.14. The van der Waals surface area contributed by atoms with Crippen LogP contribution in [0.3, 0.4) is 0 Å². The zero-order valence-corrected chi connectivity index (χ0v) is 15.1. The summed E-state index contributed by atoms with van der Waals surface area (Å²) in [6.45, 7) is 0.195. The van der Waals surface area contributed by atoms with Crippen molar-refractivity contribution in [2.75, 3.05) is 7.11 Å². The van der Waals surface area contributed by atoms with Crippen LogP contribution in [0.5, 0.6) is 11.5 Å². The summed E-state index contributed by atoms with van der Waals surface area (Å²) in [4.78, 5) is 0. The quantitative estimate of drug-likeness (QED) is 0.556. The minimum absolute atomic E-state index is 0.195. The molecule has 0 amide bonds. The van der Waals surface area contributed by atoms with Gasteiger partial charge in [0.1, 0.15) is 12.4 Å². The summed E-state index contributed by atoms with van der Waals surface area (Å²) in [6.07, 6.45) is 0. The summed E-state index contributed by atoms with van der Waals surface area (Å²) in [5, 5.41) is 1.12. The van der Waals surface area contributed by atoms with E-state index in [9.17, 15) is 4.39 Å². The molecule has 0 radical (unpaired) electrons. The van der Waals surface area contributed by atoms with Gasteiger partial charge in [-0.3, -0.25) is 0 Å². The molecule has 0 aliphatic carbocycles. The van der Waals surface area contributed by atoms with Crippen LogP contribution in [0.25, 0.3) is 0 Å².